The van der Waals surface area contributed by atoms with E-state index in [0.717, 1.165) is 33.7 Å². The van der Waals surface area contributed by atoms with Crippen molar-refractivity contribution in [1.82, 2.24) is 14.5 Å². The minimum absolute atomic E-state index is 0.475. The van der Waals surface area contributed by atoms with Crippen LogP contribution in [0.25, 0.3) is 16.7 Å². The van der Waals surface area contributed by atoms with Crippen molar-refractivity contribution in [2.24, 2.45) is 0 Å². The summed E-state index contributed by atoms with van der Waals surface area (Å²) in [5.74, 6) is 1.34. The molecule has 3 aromatic rings. The van der Waals surface area contributed by atoms with Gasteiger partial charge in [-0.3, -0.25) is 4.57 Å². The molecular formula is C15H14ClN3. The molecule has 0 saturated carbocycles. The van der Waals surface area contributed by atoms with Gasteiger partial charge in [0.25, 0.3) is 0 Å². The maximum absolute atomic E-state index is 6.06. The van der Waals surface area contributed by atoms with Crippen LogP contribution in [0.5, 0.6) is 0 Å². The molecule has 0 aliphatic heterocycles. The average molecular weight is 272 g/mol. The number of aromatic nitrogens is 3. The van der Waals surface area contributed by atoms with Crippen LogP contribution < -0.4 is 0 Å². The van der Waals surface area contributed by atoms with Crippen LogP contribution in [0, 0.1) is 13.8 Å². The zero-order valence-corrected chi connectivity index (χ0v) is 11.6. The van der Waals surface area contributed by atoms with Gasteiger partial charge in [-0.05, 0) is 31.5 Å². The molecule has 0 amide bonds. The number of imidazole rings is 1. The molecule has 4 heteroatoms. The van der Waals surface area contributed by atoms with Gasteiger partial charge in [-0.15, -0.1) is 11.6 Å². The molecule has 0 saturated heterocycles. The first-order valence-corrected chi connectivity index (χ1v) is 6.69. The van der Waals surface area contributed by atoms with Gasteiger partial charge in [0.1, 0.15) is 12.1 Å². The molecule has 19 heavy (non-hydrogen) atoms. The van der Waals surface area contributed by atoms with Gasteiger partial charge in [-0.25, -0.2) is 9.97 Å². The van der Waals surface area contributed by atoms with Crippen molar-refractivity contribution in [2.45, 2.75) is 19.7 Å². The molecule has 1 aromatic carbocycles. The minimum atomic E-state index is 0.475. The van der Waals surface area contributed by atoms with Crippen LogP contribution >= 0.6 is 11.6 Å². The van der Waals surface area contributed by atoms with E-state index in [1.807, 2.05) is 42.7 Å². The topological polar surface area (TPSA) is 30.7 Å². The van der Waals surface area contributed by atoms with E-state index in [1.165, 1.54) is 0 Å². The van der Waals surface area contributed by atoms with Crippen molar-refractivity contribution in [1.29, 1.82) is 0 Å². The standard InChI is InChI=1S/C15H14ClN3/c1-10-11(2)19(9-17-10)15-7-12(8-16)13-5-3-4-6-14(13)18-15/h3-7,9H,8H2,1-2H3. The predicted molar refractivity (Wildman–Crippen MR) is 77.9 cm³/mol. The number of halogens is 1. The largest absolute Gasteiger partial charge is 0.287 e. The molecule has 0 bridgehead atoms. The fraction of sp³-hybridized carbons (Fsp3) is 0.200. The second kappa shape index (κ2) is 4.67. The average Bonchev–Trinajstić information content (AvgIpc) is 2.78. The van der Waals surface area contributed by atoms with Crippen molar-refractivity contribution in [3.63, 3.8) is 0 Å². The quantitative estimate of drug-likeness (QED) is 0.664. The molecule has 2 aromatic heterocycles. The summed E-state index contributed by atoms with van der Waals surface area (Å²) in [6.45, 7) is 4.04. The lowest BCUT2D eigenvalue weighted by atomic mass is 10.1. The Morgan fingerprint density at radius 1 is 1.21 bits per heavy atom. The van der Waals surface area contributed by atoms with Gasteiger partial charge in [-0.1, -0.05) is 18.2 Å². The van der Waals surface area contributed by atoms with Gasteiger partial charge in [0.05, 0.1) is 11.2 Å². The number of hydrogen-bond donors (Lipinski definition) is 0. The first-order chi connectivity index (χ1) is 9.20. The molecule has 0 atom stereocenters. The maximum Gasteiger partial charge on any atom is 0.139 e. The fourth-order valence-corrected chi connectivity index (χ4v) is 2.42. The third-order valence-electron chi connectivity index (χ3n) is 3.43. The van der Waals surface area contributed by atoms with Gasteiger partial charge in [0, 0.05) is 17.0 Å². The third-order valence-corrected chi connectivity index (χ3v) is 3.72. The summed E-state index contributed by atoms with van der Waals surface area (Å²) in [5.41, 5.74) is 4.17. The molecule has 0 fully saturated rings. The number of alkyl halides is 1. The van der Waals surface area contributed by atoms with E-state index in [1.54, 1.807) is 6.33 Å². The van der Waals surface area contributed by atoms with E-state index < -0.39 is 0 Å². The fourth-order valence-electron chi connectivity index (χ4n) is 2.20. The predicted octanol–water partition coefficient (Wildman–Crippen LogP) is 3.78. The minimum Gasteiger partial charge on any atom is -0.287 e. The number of benzene rings is 1. The molecule has 0 radical (unpaired) electrons. The molecule has 2 heterocycles. The summed E-state index contributed by atoms with van der Waals surface area (Å²) >= 11 is 6.06. The Morgan fingerprint density at radius 3 is 2.68 bits per heavy atom. The van der Waals surface area contributed by atoms with Crippen LogP contribution in [0.2, 0.25) is 0 Å². The van der Waals surface area contributed by atoms with Gasteiger partial charge < -0.3 is 0 Å². The van der Waals surface area contributed by atoms with Crippen LogP contribution in [-0.4, -0.2) is 14.5 Å². The van der Waals surface area contributed by atoms with Crippen molar-refractivity contribution in [3.05, 3.63) is 53.6 Å². The summed E-state index contributed by atoms with van der Waals surface area (Å²) in [6.07, 6.45) is 1.81. The zero-order valence-electron chi connectivity index (χ0n) is 10.9. The monoisotopic (exact) mass is 271 g/mol. The maximum atomic E-state index is 6.06. The first kappa shape index (κ1) is 12.2. The molecule has 0 aliphatic rings. The van der Waals surface area contributed by atoms with Crippen molar-refractivity contribution < 1.29 is 0 Å². The van der Waals surface area contributed by atoms with E-state index in [9.17, 15) is 0 Å². The number of fused-ring (bicyclic) bond motifs is 1. The van der Waals surface area contributed by atoms with Crippen molar-refractivity contribution in [3.8, 4) is 5.82 Å². The third kappa shape index (κ3) is 2.00. The van der Waals surface area contributed by atoms with Gasteiger partial charge in [-0.2, -0.15) is 0 Å². The Morgan fingerprint density at radius 2 is 2.00 bits per heavy atom. The van der Waals surface area contributed by atoms with Crippen LogP contribution in [0.4, 0.5) is 0 Å². The summed E-state index contributed by atoms with van der Waals surface area (Å²) in [4.78, 5) is 9.01. The van der Waals surface area contributed by atoms with Gasteiger partial charge in [0.15, 0.2) is 0 Å². The molecule has 96 valence electrons. The molecule has 3 rings (SSSR count). The van der Waals surface area contributed by atoms with Crippen LogP contribution in [0.15, 0.2) is 36.7 Å². The van der Waals surface area contributed by atoms with Gasteiger partial charge >= 0.3 is 0 Å². The lowest BCUT2D eigenvalue weighted by Crippen LogP contribution is -2.00. The van der Waals surface area contributed by atoms with Gasteiger partial charge in [0.2, 0.25) is 0 Å². The molecular weight excluding hydrogens is 258 g/mol. The van der Waals surface area contributed by atoms with Crippen LogP contribution in [0.1, 0.15) is 17.0 Å². The lowest BCUT2D eigenvalue weighted by Gasteiger charge is -2.09. The number of nitrogens with zero attached hydrogens (tertiary/aromatic N) is 3. The van der Waals surface area contributed by atoms with Crippen molar-refractivity contribution in [2.75, 3.05) is 0 Å². The summed E-state index contributed by atoms with van der Waals surface area (Å²) in [5, 5.41) is 1.11. The highest BCUT2D eigenvalue weighted by atomic mass is 35.5. The summed E-state index contributed by atoms with van der Waals surface area (Å²) in [7, 11) is 0. The van der Waals surface area contributed by atoms with E-state index in [2.05, 4.69) is 11.1 Å². The van der Waals surface area contributed by atoms with Crippen LogP contribution in [0.3, 0.4) is 0 Å². The van der Waals surface area contributed by atoms with E-state index in [4.69, 9.17) is 16.6 Å². The highest BCUT2D eigenvalue weighted by molar-refractivity contribution is 6.18. The Kier molecular flexibility index (Phi) is 2.99. The zero-order chi connectivity index (χ0) is 13.4. The molecule has 0 spiro atoms. The Balaban J connectivity index is 2.28. The number of pyridine rings is 1. The summed E-state index contributed by atoms with van der Waals surface area (Å²) < 4.78 is 2.00. The normalized spacial score (nSPS) is 11.1. The number of rotatable bonds is 2. The molecule has 0 N–H and O–H groups in total. The second-order valence-electron chi connectivity index (χ2n) is 4.58. The SMILES string of the molecule is Cc1ncn(-c2cc(CCl)c3ccccc3n2)c1C. The van der Waals surface area contributed by atoms with Crippen LogP contribution in [-0.2, 0) is 5.88 Å². The summed E-state index contributed by atoms with van der Waals surface area (Å²) in [6, 6.07) is 10.1. The first-order valence-electron chi connectivity index (χ1n) is 6.16. The van der Waals surface area contributed by atoms with E-state index in [0.29, 0.717) is 5.88 Å². The van der Waals surface area contributed by atoms with E-state index >= 15 is 0 Å². The second-order valence-corrected chi connectivity index (χ2v) is 4.84. The van der Waals surface area contributed by atoms with E-state index in [-0.39, 0.29) is 0 Å². The molecule has 3 nitrogen and oxygen atoms in total. The smallest absolute Gasteiger partial charge is 0.139 e. The highest BCUT2D eigenvalue weighted by Crippen LogP contribution is 2.22. The lowest BCUT2D eigenvalue weighted by molar-refractivity contribution is 0.957. The van der Waals surface area contributed by atoms with Crippen molar-refractivity contribution >= 4 is 22.5 Å². The Hall–Kier alpha value is -1.87. The molecule has 0 unspecified atom stereocenters. The molecule has 0 aliphatic carbocycles. The number of para-hydroxylation sites is 1. The Labute approximate surface area is 116 Å². The number of aryl methyl sites for hydroxylation is 1. The Bertz CT molecular complexity index is 746. The number of hydrogen-bond acceptors (Lipinski definition) is 2. The highest BCUT2D eigenvalue weighted by Gasteiger charge is 2.09.